The van der Waals surface area contributed by atoms with Gasteiger partial charge in [-0.25, -0.2) is 25.5 Å². The predicted molar refractivity (Wildman–Crippen MR) is 94.8 cm³/mol. The summed E-state index contributed by atoms with van der Waals surface area (Å²) in [6.07, 6.45) is 0.173. The van der Waals surface area contributed by atoms with Gasteiger partial charge < -0.3 is 0 Å². The van der Waals surface area contributed by atoms with E-state index in [1.807, 2.05) is 0 Å². The maximum absolute atomic E-state index is 13.5. The molecule has 1 N–H and O–H groups in total. The third-order valence-electron chi connectivity index (χ3n) is 3.50. The summed E-state index contributed by atoms with van der Waals surface area (Å²) < 4.78 is 64.9. The van der Waals surface area contributed by atoms with Gasteiger partial charge in [0.1, 0.15) is 5.82 Å². The van der Waals surface area contributed by atoms with Gasteiger partial charge >= 0.3 is 0 Å². The SMILES string of the molecule is CN(C)S(=O)(=O)c1ccc(CCS(=O)(=O)Nc2ccccc2F)cc1. The zero-order chi connectivity index (χ0) is 18.7. The molecular formula is C16H19FN2O4S2. The number of nitrogens with one attached hydrogen (secondary N) is 1. The van der Waals surface area contributed by atoms with Crippen LogP contribution in [-0.4, -0.2) is 41.0 Å². The van der Waals surface area contributed by atoms with Crippen molar-refractivity contribution in [2.45, 2.75) is 11.3 Å². The molecule has 0 aromatic heterocycles. The zero-order valence-corrected chi connectivity index (χ0v) is 15.4. The van der Waals surface area contributed by atoms with E-state index in [2.05, 4.69) is 4.72 Å². The first-order chi connectivity index (χ1) is 11.6. The number of benzene rings is 2. The van der Waals surface area contributed by atoms with Gasteiger partial charge in [-0.3, -0.25) is 4.72 Å². The van der Waals surface area contributed by atoms with Crippen molar-refractivity contribution in [3.63, 3.8) is 0 Å². The lowest BCUT2D eigenvalue weighted by Crippen LogP contribution is -2.22. The van der Waals surface area contributed by atoms with Gasteiger partial charge in [-0.2, -0.15) is 0 Å². The highest BCUT2D eigenvalue weighted by Gasteiger charge is 2.17. The molecule has 0 aliphatic heterocycles. The molecule has 0 atom stereocenters. The molecule has 0 saturated carbocycles. The van der Waals surface area contributed by atoms with E-state index in [0.29, 0.717) is 5.56 Å². The molecule has 0 bridgehead atoms. The molecule has 0 aliphatic rings. The molecule has 0 fully saturated rings. The van der Waals surface area contributed by atoms with Gasteiger partial charge in [0.2, 0.25) is 20.0 Å². The van der Waals surface area contributed by atoms with Crippen molar-refractivity contribution in [1.82, 2.24) is 4.31 Å². The zero-order valence-electron chi connectivity index (χ0n) is 13.8. The molecule has 2 rings (SSSR count). The highest BCUT2D eigenvalue weighted by Crippen LogP contribution is 2.16. The molecule has 25 heavy (non-hydrogen) atoms. The second kappa shape index (κ2) is 7.51. The summed E-state index contributed by atoms with van der Waals surface area (Å²) in [5.74, 6) is -0.898. The van der Waals surface area contributed by atoms with Crippen LogP contribution in [-0.2, 0) is 26.5 Å². The number of para-hydroxylation sites is 1. The van der Waals surface area contributed by atoms with E-state index >= 15 is 0 Å². The summed E-state index contributed by atoms with van der Waals surface area (Å²) in [4.78, 5) is 0.133. The maximum atomic E-state index is 13.5. The van der Waals surface area contributed by atoms with Crippen molar-refractivity contribution < 1.29 is 21.2 Å². The summed E-state index contributed by atoms with van der Waals surface area (Å²) >= 11 is 0. The predicted octanol–water partition coefficient (Wildman–Crippen LogP) is 2.06. The highest BCUT2D eigenvalue weighted by molar-refractivity contribution is 7.92. The monoisotopic (exact) mass is 386 g/mol. The van der Waals surface area contributed by atoms with Gasteiger partial charge in [-0.15, -0.1) is 0 Å². The number of nitrogens with zero attached hydrogens (tertiary/aromatic N) is 1. The number of sulfonamides is 2. The fourth-order valence-electron chi connectivity index (χ4n) is 2.05. The van der Waals surface area contributed by atoms with E-state index in [0.717, 1.165) is 4.31 Å². The molecule has 0 unspecified atom stereocenters. The Balaban J connectivity index is 2.05. The van der Waals surface area contributed by atoms with Gasteiger partial charge in [0.25, 0.3) is 0 Å². The van der Waals surface area contributed by atoms with E-state index in [4.69, 9.17) is 0 Å². The second-order valence-electron chi connectivity index (χ2n) is 5.58. The Morgan fingerprint density at radius 1 is 0.960 bits per heavy atom. The molecule has 2 aromatic rings. The maximum Gasteiger partial charge on any atom is 0.242 e. The first kappa shape index (κ1) is 19.4. The van der Waals surface area contributed by atoms with Crippen molar-refractivity contribution in [2.75, 3.05) is 24.6 Å². The van der Waals surface area contributed by atoms with E-state index in [1.54, 1.807) is 12.1 Å². The largest absolute Gasteiger partial charge is 0.281 e. The minimum atomic E-state index is -3.72. The number of anilines is 1. The summed E-state index contributed by atoms with van der Waals surface area (Å²) in [7, 11) is -4.38. The molecule has 0 amide bonds. The van der Waals surface area contributed by atoms with Crippen molar-refractivity contribution in [3.05, 3.63) is 59.9 Å². The van der Waals surface area contributed by atoms with E-state index < -0.39 is 25.9 Å². The minimum absolute atomic E-state index is 0.102. The van der Waals surface area contributed by atoms with Crippen LogP contribution in [0.4, 0.5) is 10.1 Å². The molecule has 6 nitrogen and oxygen atoms in total. The molecule has 2 aromatic carbocycles. The Bertz CT molecular complexity index is 940. The van der Waals surface area contributed by atoms with Crippen LogP contribution >= 0.6 is 0 Å². The van der Waals surface area contributed by atoms with Crippen molar-refractivity contribution >= 4 is 25.7 Å². The molecule has 9 heteroatoms. The first-order valence-corrected chi connectivity index (χ1v) is 10.5. The van der Waals surface area contributed by atoms with Gasteiger partial charge in [0, 0.05) is 14.1 Å². The Morgan fingerprint density at radius 3 is 2.12 bits per heavy atom. The van der Waals surface area contributed by atoms with Gasteiger partial charge in [-0.05, 0) is 36.2 Å². The van der Waals surface area contributed by atoms with Crippen LogP contribution in [0.25, 0.3) is 0 Å². The number of hydrogen-bond donors (Lipinski definition) is 1. The smallest absolute Gasteiger partial charge is 0.242 e. The van der Waals surface area contributed by atoms with Crippen LogP contribution in [0.3, 0.4) is 0 Å². The number of hydrogen-bond acceptors (Lipinski definition) is 4. The topological polar surface area (TPSA) is 83.6 Å². The van der Waals surface area contributed by atoms with Crippen LogP contribution < -0.4 is 4.72 Å². The third-order valence-corrected chi connectivity index (χ3v) is 6.60. The van der Waals surface area contributed by atoms with Gasteiger partial charge in [0.15, 0.2) is 0 Å². The van der Waals surface area contributed by atoms with Crippen LogP contribution in [0.1, 0.15) is 5.56 Å². The van der Waals surface area contributed by atoms with E-state index in [9.17, 15) is 21.2 Å². The summed E-state index contributed by atoms with van der Waals surface area (Å²) in [6.45, 7) is 0. The fourth-order valence-corrected chi connectivity index (χ4v) is 4.06. The Kier molecular flexibility index (Phi) is 5.81. The number of rotatable bonds is 7. The van der Waals surface area contributed by atoms with E-state index in [-0.39, 0.29) is 22.8 Å². The summed E-state index contributed by atoms with van der Waals surface area (Å²) in [5.41, 5.74) is 0.562. The lowest BCUT2D eigenvalue weighted by molar-refractivity contribution is 0.520. The Hall–Kier alpha value is -1.97. The molecule has 0 heterocycles. The van der Waals surface area contributed by atoms with Crippen LogP contribution in [0, 0.1) is 5.82 Å². The number of halogens is 1. The van der Waals surface area contributed by atoms with Crippen molar-refractivity contribution in [1.29, 1.82) is 0 Å². The highest BCUT2D eigenvalue weighted by atomic mass is 32.2. The molecular weight excluding hydrogens is 367 g/mol. The molecule has 136 valence electrons. The average Bonchev–Trinajstić information content (AvgIpc) is 2.55. The normalized spacial score (nSPS) is 12.3. The lowest BCUT2D eigenvalue weighted by Gasteiger charge is -2.12. The average molecular weight is 386 g/mol. The van der Waals surface area contributed by atoms with Crippen molar-refractivity contribution in [2.24, 2.45) is 0 Å². The minimum Gasteiger partial charge on any atom is -0.281 e. The van der Waals surface area contributed by atoms with E-state index in [1.165, 1.54) is 50.5 Å². The van der Waals surface area contributed by atoms with Gasteiger partial charge in [-0.1, -0.05) is 24.3 Å². The van der Waals surface area contributed by atoms with Crippen molar-refractivity contribution in [3.8, 4) is 0 Å². The lowest BCUT2D eigenvalue weighted by atomic mass is 10.2. The van der Waals surface area contributed by atoms with Crippen LogP contribution in [0.2, 0.25) is 0 Å². The molecule has 0 spiro atoms. The molecule has 0 aliphatic carbocycles. The first-order valence-electron chi connectivity index (χ1n) is 7.38. The third kappa shape index (κ3) is 5.00. The summed E-state index contributed by atoms with van der Waals surface area (Å²) in [5, 5.41) is 0. The molecule has 0 radical (unpaired) electrons. The fraction of sp³-hybridized carbons (Fsp3) is 0.250. The van der Waals surface area contributed by atoms with Crippen LogP contribution in [0.5, 0.6) is 0 Å². The number of aryl methyl sites for hydroxylation is 1. The summed E-state index contributed by atoms with van der Waals surface area (Å²) in [6, 6.07) is 11.5. The Morgan fingerprint density at radius 2 is 1.56 bits per heavy atom. The quantitative estimate of drug-likeness (QED) is 0.790. The second-order valence-corrected chi connectivity index (χ2v) is 9.58. The Labute approximate surface area is 147 Å². The van der Waals surface area contributed by atoms with Gasteiger partial charge in [0.05, 0.1) is 16.3 Å². The standard InChI is InChI=1S/C16H19FN2O4S2/c1-19(2)25(22,23)14-9-7-13(8-10-14)11-12-24(20,21)18-16-6-4-3-5-15(16)17/h3-10,18H,11-12H2,1-2H3. The molecule has 0 saturated heterocycles. The van der Waals surface area contributed by atoms with Crippen LogP contribution in [0.15, 0.2) is 53.4 Å².